The Kier molecular flexibility index (Phi) is 3.95. The van der Waals surface area contributed by atoms with Crippen LogP contribution in [0.1, 0.15) is 32.3 Å². The van der Waals surface area contributed by atoms with Crippen molar-refractivity contribution in [1.82, 2.24) is 0 Å². The molecule has 20 heavy (non-hydrogen) atoms. The predicted molar refractivity (Wildman–Crippen MR) is 68.1 cm³/mol. The van der Waals surface area contributed by atoms with Crippen molar-refractivity contribution in [2.45, 2.75) is 44.5 Å². The fraction of sp³-hybridized carbons (Fsp3) is 0.571. The van der Waals surface area contributed by atoms with Gasteiger partial charge in [0.05, 0.1) is 16.9 Å². The van der Waals surface area contributed by atoms with Crippen molar-refractivity contribution < 1.29 is 22.3 Å². The summed E-state index contributed by atoms with van der Waals surface area (Å²) in [5.41, 5.74) is -1.19. The Morgan fingerprint density at radius 2 is 2.00 bits per heavy atom. The molecule has 6 heteroatoms. The quantitative estimate of drug-likeness (QED) is 0.824. The molecule has 0 amide bonds. The van der Waals surface area contributed by atoms with Gasteiger partial charge in [-0.1, -0.05) is 0 Å². The van der Waals surface area contributed by atoms with E-state index in [4.69, 9.17) is 4.74 Å². The van der Waals surface area contributed by atoms with Crippen LogP contribution in [0.25, 0.3) is 0 Å². The lowest BCUT2D eigenvalue weighted by Crippen LogP contribution is -2.40. The third kappa shape index (κ3) is 3.62. The predicted octanol–water partition coefficient (Wildman–Crippen LogP) is 4.21. The van der Waals surface area contributed by atoms with Gasteiger partial charge in [-0.2, -0.15) is 13.2 Å². The van der Waals surface area contributed by atoms with E-state index in [9.17, 15) is 17.6 Å². The minimum atomic E-state index is -4.53. The summed E-state index contributed by atoms with van der Waals surface area (Å²) in [4.78, 5) is 0. The molecule has 1 aromatic carbocycles. The van der Waals surface area contributed by atoms with Gasteiger partial charge in [-0.05, 0) is 44.9 Å². The summed E-state index contributed by atoms with van der Waals surface area (Å²) < 4.78 is 56.6. The number of ether oxygens (including phenoxy) is 1. The zero-order valence-corrected chi connectivity index (χ0v) is 11.4. The molecule has 0 aliphatic carbocycles. The highest BCUT2D eigenvalue weighted by atomic mass is 19.4. The molecule has 0 radical (unpaired) electrons. The molecule has 1 N–H and O–H groups in total. The second-order valence-corrected chi connectivity index (χ2v) is 5.63. The largest absolute Gasteiger partial charge is 0.416 e. The number of hydrogen-bond acceptors (Lipinski definition) is 2. The van der Waals surface area contributed by atoms with E-state index in [-0.39, 0.29) is 17.3 Å². The van der Waals surface area contributed by atoms with E-state index in [1.165, 1.54) is 0 Å². The summed E-state index contributed by atoms with van der Waals surface area (Å²) in [5, 5.41) is 2.96. The fourth-order valence-electron chi connectivity index (χ4n) is 2.38. The highest BCUT2D eigenvalue weighted by molar-refractivity contribution is 5.47. The number of alkyl halides is 3. The molecule has 1 heterocycles. The first kappa shape index (κ1) is 15.1. The second-order valence-electron chi connectivity index (χ2n) is 5.63. The van der Waals surface area contributed by atoms with Crippen molar-refractivity contribution in [1.29, 1.82) is 0 Å². The van der Waals surface area contributed by atoms with Crippen LogP contribution in [0, 0.1) is 5.82 Å². The molecule has 2 rings (SSSR count). The number of anilines is 1. The summed E-state index contributed by atoms with van der Waals surface area (Å²) in [5.74, 6) is -0.885. The molecular formula is C14H17F4NO. The van der Waals surface area contributed by atoms with Gasteiger partial charge in [-0.15, -0.1) is 0 Å². The van der Waals surface area contributed by atoms with Gasteiger partial charge in [-0.3, -0.25) is 0 Å². The number of halogens is 4. The molecule has 1 unspecified atom stereocenters. The van der Waals surface area contributed by atoms with Crippen LogP contribution in [-0.2, 0) is 10.9 Å². The minimum Gasteiger partial charge on any atom is -0.380 e. The fourth-order valence-corrected chi connectivity index (χ4v) is 2.38. The number of nitrogens with one attached hydrogen (secondary N) is 1. The maximum atomic E-state index is 13.7. The first-order valence-corrected chi connectivity index (χ1v) is 6.45. The monoisotopic (exact) mass is 291 g/mol. The maximum Gasteiger partial charge on any atom is 0.416 e. The number of hydrogen-bond donors (Lipinski definition) is 1. The van der Waals surface area contributed by atoms with E-state index in [1.807, 2.05) is 13.8 Å². The second kappa shape index (κ2) is 5.24. The van der Waals surface area contributed by atoms with Gasteiger partial charge in [0.1, 0.15) is 5.82 Å². The van der Waals surface area contributed by atoms with Crippen LogP contribution in [0.5, 0.6) is 0 Å². The van der Waals surface area contributed by atoms with Crippen LogP contribution in [0.4, 0.5) is 23.2 Å². The van der Waals surface area contributed by atoms with Gasteiger partial charge in [0.25, 0.3) is 0 Å². The zero-order chi connectivity index (χ0) is 15.0. The summed E-state index contributed by atoms with van der Waals surface area (Å²) >= 11 is 0. The topological polar surface area (TPSA) is 21.3 Å². The van der Waals surface area contributed by atoms with Gasteiger partial charge in [-0.25, -0.2) is 4.39 Å². The van der Waals surface area contributed by atoms with E-state index in [0.29, 0.717) is 25.5 Å². The summed E-state index contributed by atoms with van der Waals surface area (Å²) in [7, 11) is 0. The van der Waals surface area contributed by atoms with Crippen LogP contribution in [0.15, 0.2) is 18.2 Å². The SMILES string of the molecule is CC1(C)CC(Nc2ccc(C(F)(F)F)cc2F)CCO1. The van der Waals surface area contributed by atoms with Crippen molar-refractivity contribution in [2.24, 2.45) is 0 Å². The number of rotatable bonds is 2. The molecule has 1 saturated heterocycles. The average Bonchev–Trinajstić information content (AvgIpc) is 2.29. The van der Waals surface area contributed by atoms with Crippen LogP contribution in [0.2, 0.25) is 0 Å². The van der Waals surface area contributed by atoms with Crippen molar-refractivity contribution in [2.75, 3.05) is 11.9 Å². The average molecular weight is 291 g/mol. The molecule has 0 saturated carbocycles. The highest BCUT2D eigenvalue weighted by Crippen LogP contribution is 2.32. The Balaban J connectivity index is 2.10. The minimum absolute atomic E-state index is 0.00927. The van der Waals surface area contributed by atoms with Gasteiger partial charge in [0, 0.05) is 12.6 Å². The van der Waals surface area contributed by atoms with Crippen molar-refractivity contribution in [3.8, 4) is 0 Å². The van der Waals surface area contributed by atoms with Crippen LogP contribution in [-0.4, -0.2) is 18.2 Å². The first-order chi connectivity index (χ1) is 9.17. The number of benzene rings is 1. The molecule has 2 nitrogen and oxygen atoms in total. The van der Waals surface area contributed by atoms with Crippen molar-refractivity contribution in [3.05, 3.63) is 29.6 Å². The normalized spacial score (nSPS) is 22.6. The van der Waals surface area contributed by atoms with E-state index in [0.717, 1.165) is 12.1 Å². The van der Waals surface area contributed by atoms with Gasteiger partial charge in [0.2, 0.25) is 0 Å². The van der Waals surface area contributed by atoms with Crippen LogP contribution in [0.3, 0.4) is 0 Å². The Morgan fingerprint density at radius 3 is 2.55 bits per heavy atom. The summed E-state index contributed by atoms with van der Waals surface area (Å²) in [6, 6.07) is 2.54. The molecule has 1 atom stereocenters. The molecule has 1 aliphatic heterocycles. The lowest BCUT2D eigenvalue weighted by Gasteiger charge is -2.36. The first-order valence-electron chi connectivity index (χ1n) is 6.45. The third-order valence-electron chi connectivity index (χ3n) is 3.35. The molecule has 112 valence electrons. The highest BCUT2D eigenvalue weighted by Gasteiger charge is 2.32. The van der Waals surface area contributed by atoms with Gasteiger partial charge in [0.15, 0.2) is 0 Å². The molecule has 1 aromatic rings. The Labute approximate surface area is 115 Å². The maximum absolute atomic E-state index is 13.7. The molecule has 0 spiro atoms. The lowest BCUT2D eigenvalue weighted by molar-refractivity contribution is -0.137. The Bertz CT molecular complexity index is 485. The molecule has 0 aromatic heterocycles. The smallest absolute Gasteiger partial charge is 0.380 e. The summed E-state index contributed by atoms with van der Waals surface area (Å²) in [6.45, 7) is 4.42. The third-order valence-corrected chi connectivity index (χ3v) is 3.35. The van der Waals surface area contributed by atoms with Crippen LogP contribution < -0.4 is 5.32 Å². The molecule has 1 fully saturated rings. The van der Waals surface area contributed by atoms with Crippen LogP contribution >= 0.6 is 0 Å². The van der Waals surface area contributed by atoms with E-state index < -0.39 is 17.6 Å². The van der Waals surface area contributed by atoms with Crippen molar-refractivity contribution >= 4 is 5.69 Å². The van der Waals surface area contributed by atoms with Gasteiger partial charge >= 0.3 is 6.18 Å². The van der Waals surface area contributed by atoms with E-state index in [2.05, 4.69) is 5.32 Å². The van der Waals surface area contributed by atoms with Crippen molar-refractivity contribution in [3.63, 3.8) is 0 Å². The van der Waals surface area contributed by atoms with Gasteiger partial charge < -0.3 is 10.1 Å². The molecule has 0 bridgehead atoms. The van der Waals surface area contributed by atoms with E-state index in [1.54, 1.807) is 0 Å². The zero-order valence-electron chi connectivity index (χ0n) is 11.4. The Morgan fingerprint density at radius 1 is 1.30 bits per heavy atom. The summed E-state index contributed by atoms with van der Waals surface area (Å²) in [6.07, 6.45) is -3.16. The molecular weight excluding hydrogens is 274 g/mol. The Hall–Kier alpha value is -1.30. The lowest BCUT2D eigenvalue weighted by atomic mass is 9.93. The van der Waals surface area contributed by atoms with E-state index >= 15 is 0 Å². The molecule has 1 aliphatic rings. The standard InChI is InChI=1S/C14H17F4NO/c1-13(2)8-10(5-6-20-13)19-12-4-3-9(7-11(12)15)14(16,17)18/h3-4,7,10,19H,5-6,8H2,1-2H3.